The maximum absolute atomic E-state index is 5.83. The van der Waals surface area contributed by atoms with Crippen LogP contribution in [0.1, 0.15) is 16.3 Å². The second-order valence-corrected chi connectivity index (χ2v) is 7.09. The van der Waals surface area contributed by atoms with Crippen molar-refractivity contribution in [1.82, 2.24) is 9.97 Å². The summed E-state index contributed by atoms with van der Waals surface area (Å²) >= 11 is 1.73. The maximum Gasteiger partial charge on any atom is 0.146 e. The molecule has 0 bridgehead atoms. The Bertz CT molecular complexity index is 936. The van der Waals surface area contributed by atoms with Crippen molar-refractivity contribution in [2.45, 2.75) is 20.8 Å². The van der Waals surface area contributed by atoms with E-state index in [1.165, 1.54) is 10.4 Å². The first-order chi connectivity index (χ1) is 11.6. The highest BCUT2D eigenvalue weighted by atomic mass is 32.1. The lowest BCUT2D eigenvalue weighted by Crippen LogP contribution is -2.29. The minimum atomic E-state index is 0.618. The molecule has 24 heavy (non-hydrogen) atoms. The highest BCUT2D eigenvalue weighted by Crippen LogP contribution is 2.42. The average Bonchev–Trinajstić information content (AvgIpc) is 2.87. The highest BCUT2D eigenvalue weighted by Gasteiger charge is 2.25. The molecule has 1 aliphatic rings. The fraction of sp³-hybridized carbons (Fsp3) is 0.333. The number of hydrogen-bond donors (Lipinski definition) is 0. The van der Waals surface area contributed by atoms with E-state index in [-0.39, 0.29) is 0 Å². The van der Waals surface area contributed by atoms with Gasteiger partial charge in [0, 0.05) is 10.9 Å². The lowest BCUT2D eigenvalue weighted by atomic mass is 10.1. The number of methoxy groups -OCH3 is 1. The summed E-state index contributed by atoms with van der Waals surface area (Å²) in [5, 5.41) is 1.15. The molecule has 124 valence electrons. The molecule has 6 heteroatoms. The van der Waals surface area contributed by atoms with Crippen molar-refractivity contribution in [2.75, 3.05) is 25.2 Å². The quantitative estimate of drug-likeness (QED) is 0.700. The smallest absolute Gasteiger partial charge is 0.146 e. The summed E-state index contributed by atoms with van der Waals surface area (Å²) in [6, 6.07) is 5.92. The highest BCUT2D eigenvalue weighted by molar-refractivity contribution is 7.18. The summed E-state index contributed by atoms with van der Waals surface area (Å²) in [5.41, 5.74) is 2.27. The van der Waals surface area contributed by atoms with Crippen molar-refractivity contribution in [1.29, 1.82) is 0 Å². The third-order valence-corrected chi connectivity index (χ3v) is 5.51. The summed E-state index contributed by atoms with van der Waals surface area (Å²) in [6.45, 7) is 7.61. The number of benzene rings is 1. The summed E-state index contributed by atoms with van der Waals surface area (Å²) in [7, 11) is 1.66. The van der Waals surface area contributed by atoms with Gasteiger partial charge < -0.3 is 14.4 Å². The molecular formula is C18H19N3O2S. The first-order valence-electron chi connectivity index (χ1n) is 7.91. The monoisotopic (exact) mass is 341 g/mol. The number of nitrogens with zero attached hydrogens (tertiary/aromatic N) is 3. The number of ether oxygens (including phenoxy) is 2. The van der Waals surface area contributed by atoms with E-state index in [0.717, 1.165) is 45.6 Å². The van der Waals surface area contributed by atoms with Crippen LogP contribution in [-0.4, -0.2) is 30.2 Å². The number of hydrogen-bond acceptors (Lipinski definition) is 6. The van der Waals surface area contributed by atoms with Gasteiger partial charge in [0.1, 0.15) is 34.6 Å². The number of rotatable bonds is 2. The van der Waals surface area contributed by atoms with Crippen molar-refractivity contribution in [2.24, 2.45) is 0 Å². The molecule has 0 unspecified atom stereocenters. The van der Waals surface area contributed by atoms with Crippen molar-refractivity contribution in [3.05, 3.63) is 34.5 Å². The van der Waals surface area contributed by atoms with Gasteiger partial charge in [-0.1, -0.05) is 0 Å². The second kappa shape index (κ2) is 5.63. The summed E-state index contributed by atoms with van der Waals surface area (Å²) in [4.78, 5) is 14.0. The van der Waals surface area contributed by atoms with Crippen LogP contribution in [0.25, 0.3) is 10.2 Å². The Morgan fingerprint density at radius 2 is 2.04 bits per heavy atom. The van der Waals surface area contributed by atoms with E-state index in [9.17, 15) is 0 Å². The van der Waals surface area contributed by atoms with Gasteiger partial charge in [-0.3, -0.25) is 0 Å². The van der Waals surface area contributed by atoms with Crippen LogP contribution in [0.2, 0.25) is 0 Å². The van der Waals surface area contributed by atoms with E-state index in [4.69, 9.17) is 14.5 Å². The van der Waals surface area contributed by atoms with Gasteiger partial charge in [-0.15, -0.1) is 11.3 Å². The number of fused-ring (bicyclic) bond motifs is 2. The summed E-state index contributed by atoms with van der Waals surface area (Å²) < 4.78 is 11.1. The van der Waals surface area contributed by atoms with Gasteiger partial charge in [-0.05, 0) is 38.5 Å². The Balaban J connectivity index is 1.93. The number of aryl methyl sites for hydroxylation is 3. The van der Waals surface area contributed by atoms with Crippen molar-refractivity contribution >= 4 is 33.1 Å². The van der Waals surface area contributed by atoms with E-state index in [1.54, 1.807) is 18.4 Å². The normalized spacial score (nSPS) is 13.8. The number of anilines is 2. The first kappa shape index (κ1) is 15.2. The van der Waals surface area contributed by atoms with Crippen molar-refractivity contribution in [3.8, 4) is 11.5 Å². The molecule has 1 aliphatic heterocycles. The molecule has 0 N–H and O–H groups in total. The van der Waals surface area contributed by atoms with Crippen molar-refractivity contribution < 1.29 is 9.47 Å². The third-order valence-electron chi connectivity index (χ3n) is 4.41. The molecule has 0 fully saturated rings. The SMILES string of the molecule is COc1ccc2c(c1)OCCN2c1nc(C)nc2sc(C)c(C)c12. The fourth-order valence-electron chi connectivity index (χ4n) is 3.07. The van der Waals surface area contributed by atoms with Gasteiger partial charge in [-0.2, -0.15) is 0 Å². The van der Waals surface area contributed by atoms with Gasteiger partial charge in [0.05, 0.1) is 24.7 Å². The average molecular weight is 341 g/mol. The van der Waals surface area contributed by atoms with Gasteiger partial charge >= 0.3 is 0 Å². The molecule has 4 rings (SSSR count). The molecule has 0 aliphatic carbocycles. The van der Waals surface area contributed by atoms with E-state index >= 15 is 0 Å². The first-order valence-corrected chi connectivity index (χ1v) is 8.73. The van der Waals surface area contributed by atoms with Gasteiger partial charge in [-0.25, -0.2) is 9.97 Å². The van der Waals surface area contributed by atoms with Gasteiger partial charge in [0.2, 0.25) is 0 Å². The van der Waals surface area contributed by atoms with Crippen LogP contribution in [0.4, 0.5) is 11.5 Å². The lowest BCUT2D eigenvalue weighted by Gasteiger charge is -2.31. The minimum absolute atomic E-state index is 0.618. The molecular weight excluding hydrogens is 322 g/mol. The van der Waals surface area contributed by atoms with Crippen LogP contribution in [0.3, 0.4) is 0 Å². The molecule has 0 radical (unpaired) electrons. The van der Waals surface area contributed by atoms with E-state index in [2.05, 4.69) is 23.7 Å². The minimum Gasteiger partial charge on any atom is -0.497 e. The predicted molar refractivity (Wildman–Crippen MR) is 97.1 cm³/mol. The molecule has 1 aromatic carbocycles. The predicted octanol–water partition coefficient (Wildman–Crippen LogP) is 4.16. The summed E-state index contributed by atoms with van der Waals surface area (Å²) in [5.74, 6) is 3.38. The standard InChI is InChI=1S/C18H19N3O2S/c1-10-11(2)24-18-16(10)17(19-12(3)20-18)21-7-8-23-15-9-13(22-4)5-6-14(15)21/h5-6,9H,7-8H2,1-4H3. The Morgan fingerprint density at radius 3 is 2.83 bits per heavy atom. The zero-order valence-corrected chi connectivity index (χ0v) is 15.0. The Labute approximate surface area is 144 Å². The lowest BCUT2D eigenvalue weighted by molar-refractivity contribution is 0.311. The Hall–Kier alpha value is -2.34. The second-order valence-electron chi connectivity index (χ2n) is 5.89. The van der Waals surface area contributed by atoms with Crippen LogP contribution >= 0.6 is 11.3 Å². The van der Waals surface area contributed by atoms with Gasteiger partial charge in [0.25, 0.3) is 0 Å². The molecule has 0 amide bonds. The number of aromatic nitrogens is 2. The van der Waals surface area contributed by atoms with E-state index < -0.39 is 0 Å². The van der Waals surface area contributed by atoms with Crippen LogP contribution in [0, 0.1) is 20.8 Å². The topological polar surface area (TPSA) is 47.5 Å². The van der Waals surface area contributed by atoms with E-state index in [1.807, 2.05) is 25.1 Å². The summed E-state index contributed by atoms with van der Waals surface area (Å²) in [6.07, 6.45) is 0. The molecule has 0 saturated heterocycles. The van der Waals surface area contributed by atoms with Gasteiger partial charge in [0.15, 0.2) is 0 Å². The molecule has 0 spiro atoms. The van der Waals surface area contributed by atoms with E-state index in [0.29, 0.717) is 6.61 Å². The Kier molecular flexibility index (Phi) is 3.57. The molecule has 3 aromatic rings. The molecule has 3 heterocycles. The van der Waals surface area contributed by atoms with Crippen LogP contribution in [0.15, 0.2) is 18.2 Å². The molecule has 0 atom stereocenters. The van der Waals surface area contributed by atoms with Crippen LogP contribution in [0.5, 0.6) is 11.5 Å². The van der Waals surface area contributed by atoms with Crippen molar-refractivity contribution in [3.63, 3.8) is 0 Å². The Morgan fingerprint density at radius 1 is 1.21 bits per heavy atom. The van der Waals surface area contributed by atoms with Crippen LogP contribution < -0.4 is 14.4 Å². The van der Waals surface area contributed by atoms with Crippen LogP contribution in [-0.2, 0) is 0 Å². The fourth-order valence-corrected chi connectivity index (χ4v) is 4.14. The third kappa shape index (κ3) is 2.29. The molecule has 5 nitrogen and oxygen atoms in total. The zero-order chi connectivity index (χ0) is 16.8. The molecule has 2 aromatic heterocycles. The number of thiophene rings is 1. The largest absolute Gasteiger partial charge is 0.497 e. The maximum atomic E-state index is 5.83. The zero-order valence-electron chi connectivity index (χ0n) is 14.2. The molecule has 0 saturated carbocycles.